The molecule has 1 aliphatic heterocycles. The molecule has 2 heterocycles. The van der Waals surface area contributed by atoms with E-state index in [2.05, 4.69) is 4.98 Å². The Bertz CT molecular complexity index is 490. The number of hydrogen-bond acceptors (Lipinski definition) is 4. The molecule has 5 heteroatoms. The maximum absolute atomic E-state index is 12.7. The molecule has 0 bridgehead atoms. The van der Waals surface area contributed by atoms with Crippen molar-refractivity contribution in [3.05, 3.63) is 23.9 Å². The van der Waals surface area contributed by atoms with Crippen LogP contribution in [-0.2, 0) is 4.74 Å². The molecule has 2 atom stereocenters. The third-order valence-electron chi connectivity index (χ3n) is 4.14. The minimum absolute atomic E-state index is 0.0101. The number of rotatable bonds is 2. The maximum atomic E-state index is 12.7. The van der Waals surface area contributed by atoms with Gasteiger partial charge in [-0.1, -0.05) is 18.9 Å². The van der Waals surface area contributed by atoms with E-state index in [0.717, 1.165) is 12.8 Å². The van der Waals surface area contributed by atoms with Crippen molar-refractivity contribution < 1.29 is 14.3 Å². The van der Waals surface area contributed by atoms with Gasteiger partial charge in [-0.2, -0.15) is 0 Å². The number of hydrogen-bond donors (Lipinski definition) is 0. The second kappa shape index (κ2) is 5.79. The molecule has 1 aliphatic carbocycles. The highest BCUT2D eigenvalue weighted by atomic mass is 16.5. The van der Waals surface area contributed by atoms with Crippen molar-refractivity contribution in [2.75, 3.05) is 20.3 Å². The van der Waals surface area contributed by atoms with Crippen LogP contribution in [0.15, 0.2) is 18.2 Å². The molecular weight excluding hydrogens is 256 g/mol. The molecule has 1 saturated heterocycles. The van der Waals surface area contributed by atoms with E-state index < -0.39 is 0 Å². The van der Waals surface area contributed by atoms with Gasteiger partial charge < -0.3 is 14.4 Å². The first kappa shape index (κ1) is 13.4. The van der Waals surface area contributed by atoms with Gasteiger partial charge in [0.1, 0.15) is 5.69 Å². The Labute approximate surface area is 118 Å². The highest BCUT2D eigenvalue weighted by Gasteiger charge is 2.37. The van der Waals surface area contributed by atoms with E-state index in [1.54, 1.807) is 25.3 Å². The molecule has 0 N–H and O–H groups in total. The first-order valence-corrected chi connectivity index (χ1v) is 7.23. The van der Waals surface area contributed by atoms with Crippen LogP contribution < -0.4 is 4.74 Å². The minimum Gasteiger partial charge on any atom is -0.481 e. The van der Waals surface area contributed by atoms with Crippen molar-refractivity contribution in [1.29, 1.82) is 0 Å². The van der Waals surface area contributed by atoms with E-state index in [9.17, 15) is 4.79 Å². The molecule has 0 radical (unpaired) electrons. The Morgan fingerprint density at radius 1 is 1.40 bits per heavy atom. The molecule has 0 aromatic carbocycles. The number of nitrogens with zero attached hydrogens (tertiary/aromatic N) is 2. The fourth-order valence-corrected chi connectivity index (χ4v) is 3.14. The highest BCUT2D eigenvalue weighted by Crippen LogP contribution is 2.29. The summed E-state index contributed by atoms with van der Waals surface area (Å²) in [7, 11) is 1.56. The Balaban J connectivity index is 1.81. The van der Waals surface area contributed by atoms with E-state index in [0.29, 0.717) is 24.7 Å². The number of amides is 1. The zero-order valence-corrected chi connectivity index (χ0v) is 11.7. The van der Waals surface area contributed by atoms with Crippen molar-refractivity contribution in [1.82, 2.24) is 9.88 Å². The van der Waals surface area contributed by atoms with Gasteiger partial charge in [-0.3, -0.25) is 4.79 Å². The first-order valence-electron chi connectivity index (χ1n) is 7.23. The summed E-state index contributed by atoms with van der Waals surface area (Å²) in [6.07, 6.45) is 4.65. The molecule has 3 rings (SSSR count). The Morgan fingerprint density at radius 3 is 3.10 bits per heavy atom. The molecule has 0 spiro atoms. The van der Waals surface area contributed by atoms with Crippen molar-refractivity contribution in [2.45, 2.75) is 37.8 Å². The van der Waals surface area contributed by atoms with Gasteiger partial charge in [0.25, 0.3) is 5.91 Å². The molecule has 2 aliphatic rings. The largest absolute Gasteiger partial charge is 0.481 e. The summed E-state index contributed by atoms with van der Waals surface area (Å²) in [6.45, 7) is 1.27. The maximum Gasteiger partial charge on any atom is 0.273 e. The highest BCUT2D eigenvalue weighted by molar-refractivity contribution is 5.92. The van der Waals surface area contributed by atoms with Crippen LogP contribution in [0.4, 0.5) is 0 Å². The Kier molecular flexibility index (Phi) is 3.87. The Morgan fingerprint density at radius 2 is 2.25 bits per heavy atom. The number of aromatic nitrogens is 1. The van der Waals surface area contributed by atoms with Gasteiger partial charge in [0.05, 0.1) is 25.9 Å². The minimum atomic E-state index is -0.0101. The smallest absolute Gasteiger partial charge is 0.273 e. The van der Waals surface area contributed by atoms with E-state index in [1.807, 2.05) is 4.90 Å². The van der Waals surface area contributed by atoms with Crippen molar-refractivity contribution in [3.8, 4) is 5.88 Å². The summed E-state index contributed by atoms with van der Waals surface area (Å²) in [6, 6.07) is 5.51. The zero-order valence-electron chi connectivity index (χ0n) is 11.7. The molecule has 0 unspecified atom stereocenters. The van der Waals surface area contributed by atoms with Crippen molar-refractivity contribution >= 4 is 5.91 Å². The summed E-state index contributed by atoms with van der Waals surface area (Å²) in [5.74, 6) is 0.466. The van der Waals surface area contributed by atoms with Crippen molar-refractivity contribution in [3.63, 3.8) is 0 Å². The molecule has 108 valence electrons. The zero-order chi connectivity index (χ0) is 13.9. The van der Waals surface area contributed by atoms with Gasteiger partial charge in [0.15, 0.2) is 0 Å². The molecule has 1 aromatic heterocycles. The standard InChI is InChI=1S/C15H20N2O3/c1-19-14-8-4-5-11(16-14)15(18)17-9-10-20-13-7-3-2-6-12(13)17/h4-5,8,12-13H,2-3,6-7,9-10H2,1H3/t12-,13+/m0/s1. The SMILES string of the molecule is COc1cccc(C(=O)N2CCO[C@@H]3CCCC[C@@H]32)n1. The van der Waals surface area contributed by atoms with Gasteiger partial charge in [0.2, 0.25) is 5.88 Å². The lowest BCUT2D eigenvalue weighted by Crippen LogP contribution is -2.54. The van der Waals surface area contributed by atoms with E-state index in [1.165, 1.54) is 12.8 Å². The second-order valence-corrected chi connectivity index (χ2v) is 5.32. The van der Waals surface area contributed by atoms with Crippen LogP contribution in [0.25, 0.3) is 0 Å². The molecule has 1 aromatic rings. The third-order valence-corrected chi connectivity index (χ3v) is 4.14. The number of carbonyl (C=O) groups excluding carboxylic acids is 1. The molecule has 2 fully saturated rings. The van der Waals surface area contributed by atoms with Gasteiger partial charge >= 0.3 is 0 Å². The fraction of sp³-hybridized carbons (Fsp3) is 0.600. The van der Waals surface area contributed by atoms with Crippen LogP contribution >= 0.6 is 0 Å². The lowest BCUT2D eigenvalue weighted by atomic mass is 9.90. The summed E-state index contributed by atoms with van der Waals surface area (Å²) in [5.41, 5.74) is 0.454. The predicted octanol–water partition coefficient (Wildman–Crippen LogP) is 1.87. The quantitative estimate of drug-likeness (QED) is 0.827. The monoisotopic (exact) mass is 276 g/mol. The first-order chi connectivity index (χ1) is 9.79. The number of fused-ring (bicyclic) bond motifs is 1. The third kappa shape index (κ3) is 2.50. The van der Waals surface area contributed by atoms with Crippen LogP contribution in [0.5, 0.6) is 5.88 Å². The van der Waals surface area contributed by atoms with Gasteiger partial charge in [0, 0.05) is 12.6 Å². The molecular formula is C15H20N2O3. The number of pyridine rings is 1. The summed E-state index contributed by atoms with van der Waals surface area (Å²) < 4.78 is 10.9. The molecule has 1 saturated carbocycles. The number of methoxy groups -OCH3 is 1. The van der Waals surface area contributed by atoms with Gasteiger partial charge in [-0.15, -0.1) is 0 Å². The summed E-state index contributed by atoms with van der Waals surface area (Å²) >= 11 is 0. The van der Waals surface area contributed by atoms with Crippen LogP contribution in [0.3, 0.4) is 0 Å². The van der Waals surface area contributed by atoms with E-state index in [-0.39, 0.29) is 18.1 Å². The molecule has 5 nitrogen and oxygen atoms in total. The van der Waals surface area contributed by atoms with Crippen LogP contribution in [0.2, 0.25) is 0 Å². The average molecular weight is 276 g/mol. The number of carbonyl (C=O) groups is 1. The van der Waals surface area contributed by atoms with Gasteiger partial charge in [-0.05, 0) is 18.9 Å². The molecule has 20 heavy (non-hydrogen) atoms. The van der Waals surface area contributed by atoms with E-state index >= 15 is 0 Å². The molecule has 1 amide bonds. The lowest BCUT2D eigenvalue weighted by molar-refractivity contribution is -0.0754. The average Bonchev–Trinajstić information content (AvgIpc) is 2.53. The predicted molar refractivity (Wildman–Crippen MR) is 73.8 cm³/mol. The van der Waals surface area contributed by atoms with Gasteiger partial charge in [-0.25, -0.2) is 4.98 Å². The van der Waals surface area contributed by atoms with Crippen LogP contribution in [0, 0.1) is 0 Å². The summed E-state index contributed by atoms with van der Waals surface area (Å²) in [5, 5.41) is 0. The summed E-state index contributed by atoms with van der Waals surface area (Å²) in [4.78, 5) is 18.9. The number of morpholine rings is 1. The topological polar surface area (TPSA) is 51.7 Å². The fourth-order valence-electron chi connectivity index (χ4n) is 3.14. The second-order valence-electron chi connectivity index (χ2n) is 5.32. The van der Waals surface area contributed by atoms with E-state index in [4.69, 9.17) is 9.47 Å². The van der Waals surface area contributed by atoms with Crippen LogP contribution in [0.1, 0.15) is 36.2 Å². The van der Waals surface area contributed by atoms with Crippen LogP contribution in [-0.4, -0.2) is 48.2 Å². The Hall–Kier alpha value is -1.62. The number of ether oxygens (including phenoxy) is 2. The normalized spacial score (nSPS) is 25.9. The lowest BCUT2D eigenvalue weighted by Gasteiger charge is -2.43. The van der Waals surface area contributed by atoms with Crippen molar-refractivity contribution in [2.24, 2.45) is 0 Å².